The van der Waals surface area contributed by atoms with Crippen molar-refractivity contribution in [3.63, 3.8) is 0 Å². The van der Waals surface area contributed by atoms with Crippen molar-refractivity contribution in [2.45, 2.75) is 38.3 Å². The van der Waals surface area contributed by atoms with Gasteiger partial charge >= 0.3 is 0 Å². The zero-order valence-corrected chi connectivity index (χ0v) is 6.03. The minimum atomic E-state index is -0.157. The molecule has 2 fully saturated rings. The van der Waals surface area contributed by atoms with E-state index < -0.39 is 0 Å². The normalized spacial score (nSPS) is 50.6. The van der Waals surface area contributed by atoms with Crippen LogP contribution in [0.2, 0.25) is 0 Å². The number of rotatable bonds is 2. The fraction of sp³-hybridized carbons (Fsp3) is 0.857. The van der Waals surface area contributed by atoms with Gasteiger partial charge in [0.2, 0.25) is 0 Å². The zero-order chi connectivity index (χ0) is 7.30. The largest absolute Gasteiger partial charge is 0.361 e. The number of ketones is 1. The van der Waals surface area contributed by atoms with E-state index in [4.69, 9.17) is 9.47 Å². The Labute approximate surface area is 59.3 Å². The molecule has 10 heavy (non-hydrogen) atoms. The maximum Gasteiger partial charge on any atom is 0.195 e. The van der Waals surface area contributed by atoms with Crippen LogP contribution < -0.4 is 0 Å². The molecule has 0 aliphatic carbocycles. The van der Waals surface area contributed by atoms with Crippen molar-refractivity contribution in [3.8, 4) is 0 Å². The molecular weight excluding hydrogens is 132 g/mol. The molecule has 56 valence electrons. The summed E-state index contributed by atoms with van der Waals surface area (Å²) in [4.78, 5) is 11.1. The fourth-order valence-electron chi connectivity index (χ4n) is 1.13. The molecule has 0 spiro atoms. The Kier molecular flexibility index (Phi) is 1.13. The van der Waals surface area contributed by atoms with E-state index in [0.29, 0.717) is 0 Å². The molecule has 3 nitrogen and oxygen atoms in total. The van der Waals surface area contributed by atoms with E-state index in [1.54, 1.807) is 0 Å². The average molecular weight is 142 g/mol. The second-order valence-corrected chi connectivity index (χ2v) is 2.93. The summed E-state index contributed by atoms with van der Waals surface area (Å²) < 4.78 is 10.00. The highest BCUT2D eigenvalue weighted by Gasteiger charge is 2.52. The number of hydrogen-bond donors (Lipinski definition) is 0. The lowest BCUT2D eigenvalue weighted by molar-refractivity contribution is -0.121. The zero-order valence-electron chi connectivity index (χ0n) is 6.03. The summed E-state index contributed by atoms with van der Waals surface area (Å²) in [6.45, 7) is 3.80. The van der Waals surface area contributed by atoms with Gasteiger partial charge in [-0.05, 0) is 13.8 Å². The Bertz CT molecular complexity index is 160. The van der Waals surface area contributed by atoms with Crippen molar-refractivity contribution in [2.75, 3.05) is 0 Å². The molecule has 0 N–H and O–H groups in total. The van der Waals surface area contributed by atoms with Crippen molar-refractivity contribution < 1.29 is 14.3 Å². The van der Waals surface area contributed by atoms with Crippen LogP contribution >= 0.6 is 0 Å². The van der Waals surface area contributed by atoms with E-state index >= 15 is 0 Å². The molecule has 2 saturated heterocycles. The number of epoxide rings is 2. The van der Waals surface area contributed by atoms with Gasteiger partial charge in [-0.3, -0.25) is 4.79 Å². The first kappa shape index (κ1) is 6.31. The van der Waals surface area contributed by atoms with Gasteiger partial charge in [-0.1, -0.05) is 0 Å². The SMILES string of the molecule is CC1OC1C(=O)C1OC1C. The van der Waals surface area contributed by atoms with Crippen molar-refractivity contribution in [1.82, 2.24) is 0 Å². The van der Waals surface area contributed by atoms with Crippen LogP contribution in [0.25, 0.3) is 0 Å². The third-order valence-corrected chi connectivity index (χ3v) is 1.98. The number of ether oxygens (including phenoxy) is 2. The predicted octanol–water partition coefficient (Wildman–Crippen LogP) is 0.130. The van der Waals surface area contributed by atoms with Crippen LogP contribution in [0.1, 0.15) is 13.8 Å². The summed E-state index contributed by atoms with van der Waals surface area (Å²) in [6, 6.07) is 0. The second kappa shape index (κ2) is 1.80. The van der Waals surface area contributed by atoms with Crippen LogP contribution in [0.15, 0.2) is 0 Å². The summed E-state index contributed by atoms with van der Waals surface area (Å²) in [5.41, 5.74) is 0. The molecule has 2 rings (SSSR count). The maximum absolute atomic E-state index is 11.1. The molecule has 4 unspecified atom stereocenters. The van der Waals surface area contributed by atoms with E-state index in [2.05, 4.69) is 0 Å². The molecule has 0 amide bonds. The van der Waals surface area contributed by atoms with Crippen LogP contribution in [0.4, 0.5) is 0 Å². The van der Waals surface area contributed by atoms with Gasteiger partial charge in [0.15, 0.2) is 5.78 Å². The Hall–Kier alpha value is -0.410. The van der Waals surface area contributed by atoms with E-state index in [9.17, 15) is 4.79 Å². The van der Waals surface area contributed by atoms with E-state index in [1.165, 1.54) is 0 Å². The van der Waals surface area contributed by atoms with Gasteiger partial charge in [-0.2, -0.15) is 0 Å². The average Bonchev–Trinajstić information content (AvgIpc) is 2.70. The summed E-state index contributed by atoms with van der Waals surface area (Å²) in [5, 5.41) is 0. The molecule has 3 heteroatoms. The highest BCUT2D eigenvalue weighted by Crippen LogP contribution is 2.31. The number of hydrogen-bond acceptors (Lipinski definition) is 3. The quantitative estimate of drug-likeness (QED) is 0.514. The van der Waals surface area contributed by atoms with Crippen molar-refractivity contribution in [3.05, 3.63) is 0 Å². The topological polar surface area (TPSA) is 42.1 Å². The van der Waals surface area contributed by atoms with Crippen LogP contribution in [-0.4, -0.2) is 30.2 Å². The molecule has 0 radical (unpaired) electrons. The van der Waals surface area contributed by atoms with E-state index in [-0.39, 0.29) is 30.2 Å². The summed E-state index contributed by atoms with van der Waals surface area (Å²) in [6.07, 6.45) is -0.0577. The number of carbonyl (C=O) groups excluding carboxylic acids is 1. The van der Waals surface area contributed by atoms with E-state index in [0.717, 1.165) is 0 Å². The van der Waals surface area contributed by atoms with Crippen molar-refractivity contribution in [1.29, 1.82) is 0 Å². The summed E-state index contributed by atoms with van der Waals surface area (Å²) >= 11 is 0. The van der Waals surface area contributed by atoms with Crippen molar-refractivity contribution in [2.24, 2.45) is 0 Å². The lowest BCUT2D eigenvalue weighted by Gasteiger charge is -1.84. The smallest absolute Gasteiger partial charge is 0.195 e. The Morgan fingerprint density at radius 2 is 1.40 bits per heavy atom. The molecule has 2 aliphatic heterocycles. The summed E-state index contributed by atoms with van der Waals surface area (Å²) in [7, 11) is 0. The van der Waals surface area contributed by atoms with E-state index in [1.807, 2.05) is 13.8 Å². The van der Waals surface area contributed by atoms with Gasteiger partial charge in [0.25, 0.3) is 0 Å². The lowest BCUT2D eigenvalue weighted by atomic mass is 10.1. The molecular formula is C7H10O3. The lowest BCUT2D eigenvalue weighted by Crippen LogP contribution is -2.16. The van der Waals surface area contributed by atoms with Gasteiger partial charge in [0, 0.05) is 0 Å². The predicted molar refractivity (Wildman–Crippen MR) is 33.7 cm³/mol. The standard InChI is InChI=1S/C7H10O3/c1-3-6(9-3)5(8)7-4(2)10-7/h3-4,6-7H,1-2H3. The molecule has 0 bridgehead atoms. The Morgan fingerprint density at radius 1 is 1.10 bits per heavy atom. The summed E-state index contributed by atoms with van der Waals surface area (Å²) in [5.74, 6) is 0.125. The van der Waals surface area contributed by atoms with Crippen LogP contribution in [0, 0.1) is 0 Å². The van der Waals surface area contributed by atoms with Gasteiger partial charge in [-0.15, -0.1) is 0 Å². The second-order valence-electron chi connectivity index (χ2n) is 2.93. The first-order valence-electron chi connectivity index (χ1n) is 3.55. The minimum Gasteiger partial charge on any atom is -0.361 e. The molecule has 2 heterocycles. The molecule has 0 aromatic heterocycles. The molecule has 0 aromatic carbocycles. The molecule has 2 aliphatic rings. The molecule has 4 atom stereocenters. The van der Waals surface area contributed by atoms with Gasteiger partial charge in [0.05, 0.1) is 12.2 Å². The van der Waals surface area contributed by atoms with Gasteiger partial charge in [-0.25, -0.2) is 0 Å². The first-order valence-corrected chi connectivity index (χ1v) is 3.55. The third kappa shape index (κ3) is 0.859. The third-order valence-electron chi connectivity index (χ3n) is 1.98. The first-order chi connectivity index (χ1) is 4.70. The highest BCUT2D eigenvalue weighted by atomic mass is 16.6. The maximum atomic E-state index is 11.1. The molecule has 0 saturated carbocycles. The van der Waals surface area contributed by atoms with Gasteiger partial charge < -0.3 is 9.47 Å². The van der Waals surface area contributed by atoms with Crippen LogP contribution in [0.5, 0.6) is 0 Å². The van der Waals surface area contributed by atoms with Gasteiger partial charge in [0.1, 0.15) is 12.2 Å². The molecule has 0 aromatic rings. The minimum absolute atomic E-state index is 0.125. The highest BCUT2D eigenvalue weighted by molar-refractivity contribution is 5.92. The number of carbonyl (C=O) groups is 1. The number of Topliss-reactive ketones (excluding diaryl/α,β-unsaturated/α-hetero) is 1. The van der Waals surface area contributed by atoms with Crippen LogP contribution in [0.3, 0.4) is 0 Å². The van der Waals surface area contributed by atoms with Crippen LogP contribution in [-0.2, 0) is 14.3 Å². The fourth-order valence-corrected chi connectivity index (χ4v) is 1.13. The Morgan fingerprint density at radius 3 is 1.60 bits per heavy atom. The van der Waals surface area contributed by atoms with Crippen molar-refractivity contribution >= 4 is 5.78 Å². The monoisotopic (exact) mass is 142 g/mol. The Balaban J connectivity index is 1.89.